The highest BCUT2D eigenvalue weighted by atomic mass is 35.5. The Labute approximate surface area is 156 Å². The van der Waals surface area contributed by atoms with Crippen LogP contribution in [0.1, 0.15) is 21.6 Å². The first-order valence-electron chi connectivity index (χ1n) is 8.19. The van der Waals surface area contributed by atoms with E-state index in [0.717, 1.165) is 11.3 Å². The van der Waals surface area contributed by atoms with E-state index in [1.807, 2.05) is 42.5 Å². The van der Waals surface area contributed by atoms with Crippen molar-refractivity contribution in [3.05, 3.63) is 82.9 Å². The normalized spacial score (nSPS) is 10.3. The van der Waals surface area contributed by atoms with Gasteiger partial charge < -0.3 is 10.6 Å². The Bertz CT molecular complexity index is 855. The van der Waals surface area contributed by atoms with Gasteiger partial charge in [-0.3, -0.25) is 9.78 Å². The van der Waals surface area contributed by atoms with Crippen LogP contribution in [-0.2, 0) is 13.0 Å². The number of nitrogens with one attached hydrogen (secondary N) is 2. The summed E-state index contributed by atoms with van der Waals surface area (Å²) in [6.45, 7) is 1.03. The van der Waals surface area contributed by atoms with Crippen molar-refractivity contribution in [1.82, 2.24) is 20.3 Å². The fraction of sp³-hybridized carbons (Fsp3) is 0.158. The predicted octanol–water partition coefficient (Wildman–Crippen LogP) is 3.11. The smallest absolute Gasteiger partial charge is 0.254 e. The van der Waals surface area contributed by atoms with Crippen molar-refractivity contribution in [1.29, 1.82) is 0 Å². The molecule has 2 aromatic heterocycles. The average Bonchev–Trinajstić information content (AvgIpc) is 2.67. The Kier molecular flexibility index (Phi) is 6.11. The van der Waals surface area contributed by atoms with Gasteiger partial charge in [0.2, 0.25) is 5.95 Å². The third-order valence-corrected chi connectivity index (χ3v) is 3.89. The lowest BCUT2D eigenvalue weighted by Crippen LogP contribution is -2.26. The summed E-state index contributed by atoms with van der Waals surface area (Å²) in [5.41, 5.74) is 2.38. The van der Waals surface area contributed by atoms with E-state index in [9.17, 15) is 4.79 Å². The van der Waals surface area contributed by atoms with E-state index in [0.29, 0.717) is 36.0 Å². The lowest BCUT2D eigenvalue weighted by molar-refractivity contribution is 0.0953. The summed E-state index contributed by atoms with van der Waals surface area (Å²) in [6.07, 6.45) is 5.44. The van der Waals surface area contributed by atoms with Gasteiger partial charge in [-0.15, -0.1) is 0 Å². The molecule has 0 aliphatic rings. The topological polar surface area (TPSA) is 79.8 Å². The Hall–Kier alpha value is -2.99. The molecule has 132 valence electrons. The molecule has 0 bridgehead atoms. The van der Waals surface area contributed by atoms with Gasteiger partial charge >= 0.3 is 0 Å². The number of hydrogen-bond acceptors (Lipinski definition) is 5. The van der Waals surface area contributed by atoms with Gasteiger partial charge in [-0.1, -0.05) is 29.8 Å². The van der Waals surface area contributed by atoms with Crippen LogP contribution in [0.25, 0.3) is 0 Å². The van der Waals surface area contributed by atoms with Crippen LogP contribution in [0, 0.1) is 0 Å². The Morgan fingerprint density at radius 3 is 2.62 bits per heavy atom. The zero-order valence-corrected chi connectivity index (χ0v) is 14.8. The largest absolute Gasteiger partial charge is 0.352 e. The minimum absolute atomic E-state index is 0.205. The molecule has 1 amide bonds. The van der Waals surface area contributed by atoms with Crippen molar-refractivity contribution in [3.8, 4) is 0 Å². The summed E-state index contributed by atoms with van der Waals surface area (Å²) in [5, 5.41) is 6.61. The second kappa shape index (κ2) is 8.92. The van der Waals surface area contributed by atoms with Crippen LogP contribution in [0.2, 0.25) is 5.02 Å². The molecular weight excluding hydrogens is 350 g/mol. The maximum atomic E-state index is 12.1. The van der Waals surface area contributed by atoms with E-state index >= 15 is 0 Å². The quantitative estimate of drug-likeness (QED) is 0.670. The standard InChI is InChI=1S/C19H18ClN5O/c20-16-5-3-4-14(10-16)7-9-22-18(26)15-11-23-19(24-12-15)25-13-17-6-1-2-8-21-17/h1-6,8,10-12H,7,9,13H2,(H,22,26)(H,23,24,25). The molecule has 26 heavy (non-hydrogen) atoms. The van der Waals surface area contributed by atoms with Crippen LogP contribution in [0.4, 0.5) is 5.95 Å². The van der Waals surface area contributed by atoms with Gasteiger partial charge in [-0.2, -0.15) is 0 Å². The van der Waals surface area contributed by atoms with E-state index in [2.05, 4.69) is 25.6 Å². The van der Waals surface area contributed by atoms with Gasteiger partial charge in [0, 0.05) is 30.2 Å². The highest BCUT2D eigenvalue weighted by Gasteiger charge is 2.07. The zero-order valence-electron chi connectivity index (χ0n) is 14.0. The van der Waals surface area contributed by atoms with Gasteiger partial charge in [0.25, 0.3) is 5.91 Å². The van der Waals surface area contributed by atoms with Crippen molar-refractivity contribution in [2.75, 3.05) is 11.9 Å². The number of carbonyl (C=O) groups excluding carboxylic acids is 1. The van der Waals surface area contributed by atoms with Crippen molar-refractivity contribution in [2.45, 2.75) is 13.0 Å². The minimum atomic E-state index is -0.205. The maximum absolute atomic E-state index is 12.1. The third kappa shape index (κ3) is 5.26. The van der Waals surface area contributed by atoms with Gasteiger partial charge in [0.15, 0.2) is 0 Å². The number of aromatic nitrogens is 3. The molecule has 0 aliphatic carbocycles. The molecule has 0 unspecified atom stereocenters. The van der Waals surface area contributed by atoms with Crippen LogP contribution in [0.5, 0.6) is 0 Å². The lowest BCUT2D eigenvalue weighted by atomic mass is 10.1. The molecule has 0 aliphatic heterocycles. The molecule has 1 aromatic carbocycles. The van der Waals surface area contributed by atoms with Crippen molar-refractivity contribution < 1.29 is 4.79 Å². The Balaban J connectivity index is 1.47. The summed E-state index contributed by atoms with van der Waals surface area (Å²) in [6, 6.07) is 13.3. The SMILES string of the molecule is O=C(NCCc1cccc(Cl)c1)c1cnc(NCc2ccccn2)nc1. The van der Waals surface area contributed by atoms with E-state index < -0.39 is 0 Å². The highest BCUT2D eigenvalue weighted by molar-refractivity contribution is 6.30. The van der Waals surface area contributed by atoms with E-state index in [-0.39, 0.29) is 5.91 Å². The second-order valence-electron chi connectivity index (χ2n) is 5.61. The highest BCUT2D eigenvalue weighted by Crippen LogP contribution is 2.10. The summed E-state index contributed by atoms with van der Waals surface area (Å²) in [4.78, 5) is 24.7. The molecule has 2 heterocycles. The zero-order chi connectivity index (χ0) is 18.2. The molecule has 0 atom stereocenters. The fourth-order valence-electron chi connectivity index (χ4n) is 2.32. The molecule has 3 rings (SSSR count). The lowest BCUT2D eigenvalue weighted by Gasteiger charge is -2.07. The minimum Gasteiger partial charge on any atom is -0.352 e. The summed E-state index contributed by atoms with van der Waals surface area (Å²) in [5.74, 6) is 0.245. The fourth-order valence-corrected chi connectivity index (χ4v) is 2.54. The first-order chi connectivity index (χ1) is 12.7. The van der Waals surface area contributed by atoms with Gasteiger partial charge in [-0.25, -0.2) is 9.97 Å². The summed E-state index contributed by atoms with van der Waals surface area (Å²) < 4.78 is 0. The third-order valence-electron chi connectivity index (χ3n) is 3.66. The second-order valence-corrected chi connectivity index (χ2v) is 6.04. The van der Waals surface area contributed by atoms with E-state index in [4.69, 9.17) is 11.6 Å². The van der Waals surface area contributed by atoms with Crippen molar-refractivity contribution >= 4 is 23.5 Å². The molecule has 0 radical (unpaired) electrons. The van der Waals surface area contributed by atoms with Gasteiger partial charge in [-0.05, 0) is 36.2 Å². The molecule has 3 aromatic rings. The van der Waals surface area contributed by atoms with Crippen LogP contribution in [-0.4, -0.2) is 27.4 Å². The average molecular weight is 368 g/mol. The van der Waals surface area contributed by atoms with Crippen molar-refractivity contribution in [2.24, 2.45) is 0 Å². The number of amides is 1. The van der Waals surface area contributed by atoms with Crippen LogP contribution < -0.4 is 10.6 Å². The van der Waals surface area contributed by atoms with Crippen molar-refractivity contribution in [3.63, 3.8) is 0 Å². The first-order valence-corrected chi connectivity index (χ1v) is 8.57. The number of halogens is 1. The molecule has 0 fully saturated rings. The number of benzene rings is 1. The van der Waals surface area contributed by atoms with E-state index in [1.54, 1.807) is 6.20 Å². The van der Waals surface area contributed by atoms with Gasteiger partial charge in [0.1, 0.15) is 0 Å². The first kappa shape index (κ1) is 17.8. The summed E-state index contributed by atoms with van der Waals surface area (Å²) in [7, 11) is 0. The molecule has 0 saturated heterocycles. The molecule has 2 N–H and O–H groups in total. The number of pyridine rings is 1. The Morgan fingerprint density at radius 1 is 1.04 bits per heavy atom. The van der Waals surface area contributed by atoms with E-state index in [1.165, 1.54) is 12.4 Å². The molecule has 6 nitrogen and oxygen atoms in total. The monoisotopic (exact) mass is 367 g/mol. The van der Waals surface area contributed by atoms with Crippen LogP contribution in [0.15, 0.2) is 61.1 Å². The number of nitrogens with zero attached hydrogens (tertiary/aromatic N) is 3. The van der Waals surface area contributed by atoms with Crippen LogP contribution >= 0.6 is 11.6 Å². The number of anilines is 1. The molecule has 0 spiro atoms. The molecular formula is C19H18ClN5O. The number of carbonyl (C=O) groups is 1. The number of hydrogen-bond donors (Lipinski definition) is 2. The Morgan fingerprint density at radius 2 is 1.88 bits per heavy atom. The molecule has 7 heteroatoms. The number of rotatable bonds is 7. The van der Waals surface area contributed by atoms with Gasteiger partial charge in [0.05, 0.1) is 17.8 Å². The predicted molar refractivity (Wildman–Crippen MR) is 101 cm³/mol. The van der Waals surface area contributed by atoms with Crippen LogP contribution in [0.3, 0.4) is 0 Å². The summed E-state index contributed by atoms with van der Waals surface area (Å²) >= 11 is 5.95. The maximum Gasteiger partial charge on any atom is 0.254 e. The molecule has 0 saturated carbocycles.